The first kappa shape index (κ1) is 20.1. The van der Waals surface area contributed by atoms with E-state index in [1.165, 1.54) is 12.1 Å². The quantitative estimate of drug-likeness (QED) is 0.363. The fourth-order valence-electron chi connectivity index (χ4n) is 2.51. The van der Waals surface area contributed by atoms with Crippen LogP contribution in [0.2, 0.25) is 0 Å². The molecular weight excluding hydrogens is 355 g/mol. The van der Waals surface area contributed by atoms with Gasteiger partial charge >= 0.3 is 7.60 Å². The zero-order valence-corrected chi connectivity index (χ0v) is 15.9. The molecule has 0 aromatic heterocycles. The van der Waals surface area contributed by atoms with Gasteiger partial charge in [-0.1, -0.05) is 35.9 Å². The molecule has 7 nitrogen and oxygen atoms in total. The van der Waals surface area contributed by atoms with E-state index in [-0.39, 0.29) is 18.9 Å². The summed E-state index contributed by atoms with van der Waals surface area (Å²) in [6, 6.07) is 13.5. The lowest BCUT2D eigenvalue weighted by Crippen LogP contribution is -2.15. The molecule has 0 saturated heterocycles. The van der Waals surface area contributed by atoms with E-state index < -0.39 is 18.3 Å². The highest BCUT2D eigenvalue weighted by molar-refractivity contribution is 7.54. The van der Waals surface area contributed by atoms with E-state index in [1.807, 2.05) is 31.2 Å². The fourth-order valence-corrected chi connectivity index (χ4v) is 4.44. The van der Waals surface area contributed by atoms with Crippen LogP contribution in [-0.4, -0.2) is 18.1 Å². The Hall–Kier alpha value is -2.21. The molecule has 0 radical (unpaired) electrons. The summed E-state index contributed by atoms with van der Waals surface area (Å²) < 4.78 is 24.4. The van der Waals surface area contributed by atoms with Crippen molar-refractivity contribution >= 4 is 19.0 Å². The van der Waals surface area contributed by atoms with E-state index in [0.717, 1.165) is 5.56 Å². The van der Waals surface area contributed by atoms with Gasteiger partial charge in [-0.3, -0.25) is 14.7 Å². The number of hydrogen-bond acceptors (Lipinski definition) is 6. The average molecular weight is 378 g/mol. The zero-order valence-electron chi connectivity index (χ0n) is 15.0. The molecule has 0 aliphatic heterocycles. The van der Waals surface area contributed by atoms with E-state index in [2.05, 4.69) is 5.32 Å². The van der Waals surface area contributed by atoms with Crippen molar-refractivity contribution in [3.63, 3.8) is 0 Å². The normalized spacial score (nSPS) is 12.6. The lowest BCUT2D eigenvalue weighted by atomic mass is 10.1. The minimum Gasteiger partial charge on any atom is -0.368 e. The number of benzene rings is 2. The van der Waals surface area contributed by atoms with Crippen molar-refractivity contribution in [1.82, 2.24) is 0 Å². The van der Waals surface area contributed by atoms with Crippen LogP contribution in [0.25, 0.3) is 0 Å². The van der Waals surface area contributed by atoms with Gasteiger partial charge in [0.1, 0.15) is 0 Å². The Balaban J connectivity index is 2.46. The zero-order chi connectivity index (χ0) is 19.2. The first-order valence-corrected chi connectivity index (χ1v) is 9.97. The summed E-state index contributed by atoms with van der Waals surface area (Å²) in [5.74, 6) is -0.787. The number of anilines is 1. The first-order chi connectivity index (χ1) is 12.4. The van der Waals surface area contributed by atoms with Gasteiger partial charge in [0, 0.05) is 17.8 Å². The summed E-state index contributed by atoms with van der Waals surface area (Å²) in [7, 11) is -3.55. The van der Waals surface area contributed by atoms with Crippen LogP contribution in [0.4, 0.5) is 11.4 Å². The second kappa shape index (κ2) is 8.94. The maximum absolute atomic E-state index is 13.4. The van der Waals surface area contributed by atoms with Gasteiger partial charge < -0.3 is 14.4 Å². The van der Waals surface area contributed by atoms with Crippen LogP contribution in [0, 0.1) is 17.0 Å². The Morgan fingerprint density at radius 1 is 1.12 bits per heavy atom. The van der Waals surface area contributed by atoms with Crippen molar-refractivity contribution in [3.05, 3.63) is 69.8 Å². The third-order valence-electron chi connectivity index (χ3n) is 3.69. The molecule has 0 aliphatic carbocycles. The number of nitrogens with one attached hydrogen (secondary N) is 1. The number of rotatable bonds is 9. The van der Waals surface area contributed by atoms with Crippen molar-refractivity contribution < 1.29 is 18.5 Å². The molecule has 0 spiro atoms. The van der Waals surface area contributed by atoms with Gasteiger partial charge in [0.05, 0.1) is 18.1 Å². The van der Waals surface area contributed by atoms with Crippen LogP contribution in [0.1, 0.15) is 30.8 Å². The molecule has 0 fully saturated rings. The maximum atomic E-state index is 13.4. The molecule has 1 atom stereocenters. The maximum Gasteiger partial charge on any atom is 0.357 e. The van der Waals surface area contributed by atoms with Crippen molar-refractivity contribution in [1.29, 1.82) is 0 Å². The van der Waals surface area contributed by atoms with Crippen LogP contribution in [0.5, 0.6) is 0 Å². The molecular formula is C18H23N2O5P. The topological polar surface area (TPSA) is 90.7 Å². The van der Waals surface area contributed by atoms with Crippen LogP contribution in [0.15, 0.2) is 48.5 Å². The summed E-state index contributed by atoms with van der Waals surface area (Å²) in [6.45, 7) is 5.88. The summed E-state index contributed by atoms with van der Waals surface area (Å²) in [6.07, 6.45) is 0. The molecule has 0 saturated carbocycles. The number of non-ortho nitro benzene ring substituents is 1. The van der Waals surface area contributed by atoms with Crippen molar-refractivity contribution in [2.45, 2.75) is 26.6 Å². The van der Waals surface area contributed by atoms with Gasteiger partial charge in [-0.2, -0.15) is 0 Å². The molecule has 26 heavy (non-hydrogen) atoms. The minimum absolute atomic E-state index is 0.0553. The molecule has 8 heteroatoms. The lowest BCUT2D eigenvalue weighted by molar-refractivity contribution is -0.384. The number of nitro groups is 1. The minimum atomic E-state index is -3.55. The average Bonchev–Trinajstić information content (AvgIpc) is 2.61. The van der Waals surface area contributed by atoms with Crippen LogP contribution >= 0.6 is 7.60 Å². The van der Waals surface area contributed by atoms with Crippen LogP contribution < -0.4 is 5.32 Å². The highest BCUT2D eigenvalue weighted by Crippen LogP contribution is 2.60. The molecule has 1 N–H and O–H groups in total. The molecule has 0 heterocycles. The Bertz CT molecular complexity index is 784. The molecule has 0 amide bonds. The summed E-state index contributed by atoms with van der Waals surface area (Å²) in [5.41, 5.74) is 2.18. The molecule has 2 aromatic rings. The van der Waals surface area contributed by atoms with E-state index in [9.17, 15) is 14.7 Å². The number of nitro benzene ring substituents is 1. The predicted molar refractivity (Wildman–Crippen MR) is 101 cm³/mol. The third kappa shape index (κ3) is 4.91. The molecule has 1 unspecified atom stereocenters. The SMILES string of the molecule is CCOP(=O)(OCC)C(Nc1cccc([N+](=O)[O-])c1)c1ccc(C)cc1. The molecule has 2 rings (SSSR count). The van der Waals surface area contributed by atoms with Crippen molar-refractivity contribution in [2.24, 2.45) is 0 Å². The fraction of sp³-hybridized carbons (Fsp3) is 0.333. The summed E-state index contributed by atoms with van der Waals surface area (Å²) in [5, 5.41) is 14.1. The highest BCUT2D eigenvalue weighted by Gasteiger charge is 2.37. The second-order valence-electron chi connectivity index (χ2n) is 5.64. The molecule has 0 aliphatic rings. The van der Waals surface area contributed by atoms with Gasteiger partial charge in [-0.05, 0) is 32.4 Å². The third-order valence-corrected chi connectivity index (χ3v) is 5.98. The largest absolute Gasteiger partial charge is 0.368 e. The molecule has 0 bridgehead atoms. The molecule has 2 aromatic carbocycles. The number of nitrogens with zero attached hydrogens (tertiary/aromatic N) is 1. The Labute approximate surface area is 153 Å². The highest BCUT2D eigenvalue weighted by atomic mass is 31.2. The summed E-state index contributed by atoms with van der Waals surface area (Å²) >= 11 is 0. The smallest absolute Gasteiger partial charge is 0.357 e. The van der Waals surface area contributed by atoms with E-state index in [0.29, 0.717) is 11.3 Å². The Kier molecular flexibility index (Phi) is 6.91. The first-order valence-electron chi connectivity index (χ1n) is 8.36. The predicted octanol–water partition coefficient (Wildman–Crippen LogP) is 5.28. The van der Waals surface area contributed by atoms with Gasteiger partial charge in [0.15, 0.2) is 5.78 Å². The van der Waals surface area contributed by atoms with Gasteiger partial charge in [-0.25, -0.2) is 0 Å². The standard InChI is InChI=1S/C18H23N2O5P/c1-4-24-26(23,25-5-2)18(15-11-9-14(3)10-12-15)19-16-7-6-8-17(13-16)20(21)22/h6-13,18-19H,4-5H2,1-3H3. The van der Waals surface area contributed by atoms with Gasteiger partial charge in [-0.15, -0.1) is 0 Å². The Morgan fingerprint density at radius 3 is 2.27 bits per heavy atom. The monoisotopic (exact) mass is 378 g/mol. The molecule has 140 valence electrons. The van der Waals surface area contributed by atoms with Crippen LogP contribution in [-0.2, 0) is 13.6 Å². The van der Waals surface area contributed by atoms with E-state index in [4.69, 9.17) is 9.05 Å². The van der Waals surface area contributed by atoms with Gasteiger partial charge in [0.2, 0.25) is 0 Å². The van der Waals surface area contributed by atoms with E-state index >= 15 is 0 Å². The number of aryl methyl sites for hydroxylation is 1. The van der Waals surface area contributed by atoms with Crippen molar-refractivity contribution in [2.75, 3.05) is 18.5 Å². The van der Waals surface area contributed by atoms with Crippen LogP contribution in [0.3, 0.4) is 0 Å². The van der Waals surface area contributed by atoms with Crippen molar-refractivity contribution in [3.8, 4) is 0 Å². The number of hydrogen-bond donors (Lipinski definition) is 1. The second-order valence-corrected chi connectivity index (χ2v) is 7.75. The van der Waals surface area contributed by atoms with Gasteiger partial charge in [0.25, 0.3) is 5.69 Å². The van der Waals surface area contributed by atoms with E-state index in [1.54, 1.807) is 26.0 Å². The Morgan fingerprint density at radius 2 is 1.73 bits per heavy atom. The lowest BCUT2D eigenvalue weighted by Gasteiger charge is -2.28. The summed E-state index contributed by atoms with van der Waals surface area (Å²) in [4.78, 5) is 10.5.